The van der Waals surface area contributed by atoms with Crippen LogP contribution in [0.4, 0.5) is 5.69 Å². The molecule has 2 N–H and O–H groups in total. The molecule has 0 saturated carbocycles. The van der Waals surface area contributed by atoms with Gasteiger partial charge >= 0.3 is 0 Å². The third-order valence-corrected chi connectivity index (χ3v) is 5.88. The van der Waals surface area contributed by atoms with Crippen LogP contribution in [0.25, 0.3) is 22.2 Å². The quantitative estimate of drug-likeness (QED) is 0.329. The lowest BCUT2D eigenvalue weighted by atomic mass is 10.0. The summed E-state index contributed by atoms with van der Waals surface area (Å²) in [5, 5.41) is 10.7. The molecule has 0 aliphatic carbocycles. The molecule has 5 rings (SSSR count). The fourth-order valence-electron chi connectivity index (χ4n) is 4.05. The number of para-hydroxylation sites is 1. The molecule has 3 aromatic carbocycles. The topological polar surface area (TPSA) is 98.1 Å². The van der Waals surface area contributed by atoms with Crippen LogP contribution < -0.4 is 15.4 Å². The molecule has 5 aromatic rings. The third-order valence-electron chi connectivity index (χ3n) is 5.88. The van der Waals surface area contributed by atoms with Crippen LogP contribution in [-0.2, 0) is 17.9 Å². The number of nitrogens with zero attached hydrogens (tertiary/aromatic N) is 3. The Morgan fingerprint density at radius 3 is 2.57 bits per heavy atom. The van der Waals surface area contributed by atoms with Crippen LogP contribution in [0.5, 0.6) is 5.75 Å². The van der Waals surface area contributed by atoms with E-state index >= 15 is 0 Å². The van der Waals surface area contributed by atoms with Gasteiger partial charge in [0.1, 0.15) is 12.3 Å². The van der Waals surface area contributed by atoms with Gasteiger partial charge in [-0.2, -0.15) is 5.10 Å². The molecule has 2 aromatic heterocycles. The van der Waals surface area contributed by atoms with E-state index in [1.165, 1.54) is 0 Å². The summed E-state index contributed by atoms with van der Waals surface area (Å²) in [5.41, 5.74) is 4.38. The van der Waals surface area contributed by atoms with E-state index in [1.807, 2.05) is 78.9 Å². The van der Waals surface area contributed by atoms with E-state index in [9.17, 15) is 9.59 Å². The maximum absolute atomic E-state index is 13.3. The number of amides is 2. The Balaban J connectivity index is 1.32. The predicted octanol–water partition coefficient (Wildman–Crippen LogP) is 4.68. The molecular weight excluding hydrogens is 466 g/mol. The van der Waals surface area contributed by atoms with Crippen molar-refractivity contribution in [2.45, 2.75) is 13.1 Å². The molecule has 0 aliphatic rings. The highest BCUT2D eigenvalue weighted by Gasteiger charge is 2.14. The van der Waals surface area contributed by atoms with Gasteiger partial charge in [0.05, 0.1) is 23.9 Å². The molecule has 0 aliphatic heterocycles. The SMILES string of the molecule is COc1ccc(-c2cc(C(=O)NCc3cccc(NC(=O)Cn4cccn4)c3)c3ccccc3n2)cc1. The van der Waals surface area contributed by atoms with Crippen molar-refractivity contribution in [3.8, 4) is 17.0 Å². The smallest absolute Gasteiger partial charge is 0.252 e. The van der Waals surface area contributed by atoms with Crippen LogP contribution in [0.2, 0.25) is 0 Å². The minimum atomic E-state index is -0.207. The summed E-state index contributed by atoms with van der Waals surface area (Å²) in [6, 6.07) is 26.1. The Morgan fingerprint density at radius 1 is 0.946 bits per heavy atom. The molecule has 0 saturated heterocycles. The first-order chi connectivity index (χ1) is 18.1. The molecule has 0 bridgehead atoms. The van der Waals surface area contributed by atoms with E-state index in [-0.39, 0.29) is 18.4 Å². The minimum Gasteiger partial charge on any atom is -0.497 e. The molecule has 8 heteroatoms. The number of carbonyl (C=O) groups excluding carboxylic acids is 2. The summed E-state index contributed by atoms with van der Waals surface area (Å²) in [4.78, 5) is 30.4. The van der Waals surface area contributed by atoms with E-state index in [4.69, 9.17) is 9.72 Å². The zero-order chi connectivity index (χ0) is 25.6. The molecule has 0 unspecified atom stereocenters. The fraction of sp³-hybridized carbons (Fsp3) is 0.103. The summed E-state index contributed by atoms with van der Waals surface area (Å²) in [6.07, 6.45) is 3.36. The monoisotopic (exact) mass is 491 g/mol. The average Bonchev–Trinajstić information content (AvgIpc) is 3.44. The van der Waals surface area contributed by atoms with Crippen LogP contribution in [0.1, 0.15) is 15.9 Å². The minimum absolute atomic E-state index is 0.125. The van der Waals surface area contributed by atoms with Gasteiger partial charge < -0.3 is 15.4 Å². The van der Waals surface area contributed by atoms with Crippen molar-refractivity contribution in [1.29, 1.82) is 0 Å². The molecule has 0 fully saturated rings. The molecular formula is C29H25N5O3. The lowest BCUT2D eigenvalue weighted by molar-refractivity contribution is -0.116. The van der Waals surface area contributed by atoms with Crippen molar-refractivity contribution >= 4 is 28.4 Å². The van der Waals surface area contributed by atoms with E-state index in [2.05, 4.69) is 15.7 Å². The van der Waals surface area contributed by atoms with Gasteiger partial charge in [-0.3, -0.25) is 14.3 Å². The lowest BCUT2D eigenvalue weighted by Crippen LogP contribution is -2.23. The number of benzene rings is 3. The summed E-state index contributed by atoms with van der Waals surface area (Å²) < 4.78 is 6.81. The maximum atomic E-state index is 13.3. The molecule has 0 radical (unpaired) electrons. The van der Waals surface area contributed by atoms with E-state index in [0.717, 1.165) is 27.8 Å². The summed E-state index contributed by atoms with van der Waals surface area (Å²) in [6.45, 7) is 0.426. The first-order valence-electron chi connectivity index (χ1n) is 11.8. The summed E-state index contributed by atoms with van der Waals surface area (Å²) >= 11 is 0. The highest BCUT2D eigenvalue weighted by molar-refractivity contribution is 6.07. The first kappa shape index (κ1) is 23.7. The number of aromatic nitrogens is 3. The number of anilines is 1. The van der Waals surface area contributed by atoms with Gasteiger partial charge in [0.15, 0.2) is 0 Å². The lowest BCUT2D eigenvalue weighted by Gasteiger charge is -2.12. The van der Waals surface area contributed by atoms with Crippen molar-refractivity contribution in [2.75, 3.05) is 12.4 Å². The second kappa shape index (κ2) is 10.7. The van der Waals surface area contributed by atoms with Gasteiger partial charge in [0.2, 0.25) is 5.91 Å². The van der Waals surface area contributed by atoms with Crippen LogP contribution in [0.15, 0.2) is 97.3 Å². The molecule has 8 nitrogen and oxygen atoms in total. The Morgan fingerprint density at radius 2 is 1.78 bits per heavy atom. The van der Waals surface area contributed by atoms with E-state index in [0.29, 0.717) is 23.5 Å². The Bertz CT molecular complexity index is 1550. The number of fused-ring (bicyclic) bond motifs is 1. The summed E-state index contributed by atoms with van der Waals surface area (Å²) in [7, 11) is 1.62. The largest absolute Gasteiger partial charge is 0.497 e. The van der Waals surface area contributed by atoms with E-state index in [1.54, 1.807) is 30.3 Å². The number of pyridine rings is 1. The second-order valence-electron chi connectivity index (χ2n) is 8.44. The van der Waals surface area contributed by atoms with Crippen molar-refractivity contribution < 1.29 is 14.3 Å². The zero-order valence-electron chi connectivity index (χ0n) is 20.2. The third kappa shape index (κ3) is 5.65. The number of carbonyl (C=O) groups is 2. The van der Waals surface area contributed by atoms with Crippen LogP contribution in [-0.4, -0.2) is 33.7 Å². The van der Waals surface area contributed by atoms with Crippen molar-refractivity contribution in [3.05, 3.63) is 108 Å². The van der Waals surface area contributed by atoms with Gasteiger partial charge in [-0.1, -0.05) is 30.3 Å². The molecule has 37 heavy (non-hydrogen) atoms. The second-order valence-corrected chi connectivity index (χ2v) is 8.44. The number of nitrogens with one attached hydrogen (secondary N) is 2. The highest BCUT2D eigenvalue weighted by atomic mass is 16.5. The Kier molecular flexibility index (Phi) is 6.89. The van der Waals surface area contributed by atoms with Gasteiger partial charge in [-0.15, -0.1) is 0 Å². The molecule has 2 heterocycles. The fourth-order valence-corrected chi connectivity index (χ4v) is 4.05. The normalized spacial score (nSPS) is 10.7. The van der Waals surface area contributed by atoms with E-state index < -0.39 is 0 Å². The van der Waals surface area contributed by atoms with Crippen LogP contribution in [0.3, 0.4) is 0 Å². The van der Waals surface area contributed by atoms with Crippen molar-refractivity contribution in [2.24, 2.45) is 0 Å². The first-order valence-corrected chi connectivity index (χ1v) is 11.8. The van der Waals surface area contributed by atoms with Gasteiger partial charge in [-0.25, -0.2) is 4.98 Å². The average molecular weight is 492 g/mol. The number of hydrogen-bond donors (Lipinski definition) is 2. The van der Waals surface area contributed by atoms with Gasteiger partial charge in [0, 0.05) is 35.6 Å². The van der Waals surface area contributed by atoms with Crippen LogP contribution in [0, 0.1) is 0 Å². The zero-order valence-corrected chi connectivity index (χ0v) is 20.2. The molecule has 0 atom stereocenters. The maximum Gasteiger partial charge on any atom is 0.252 e. The Hall–Kier alpha value is -4.98. The number of methoxy groups -OCH3 is 1. The number of rotatable bonds is 8. The summed E-state index contributed by atoms with van der Waals surface area (Å²) in [5.74, 6) is 0.364. The van der Waals surface area contributed by atoms with Crippen molar-refractivity contribution in [3.63, 3.8) is 0 Å². The highest BCUT2D eigenvalue weighted by Crippen LogP contribution is 2.26. The molecule has 2 amide bonds. The molecule has 0 spiro atoms. The number of hydrogen-bond acceptors (Lipinski definition) is 5. The Labute approximate surface area is 213 Å². The van der Waals surface area contributed by atoms with Gasteiger partial charge in [0.25, 0.3) is 5.91 Å². The standard InChI is InChI=1S/C29H25N5O3/c1-37-23-12-10-21(11-13-23)27-17-25(24-8-2-3-9-26(24)33-27)29(36)30-18-20-6-4-7-22(16-20)32-28(35)19-34-15-5-14-31-34/h2-17H,18-19H2,1H3,(H,30,36)(H,32,35). The molecule has 184 valence electrons. The predicted molar refractivity (Wildman–Crippen MR) is 142 cm³/mol. The van der Waals surface area contributed by atoms with Crippen molar-refractivity contribution in [1.82, 2.24) is 20.1 Å². The number of ether oxygens (including phenoxy) is 1. The van der Waals surface area contributed by atoms with Crippen LogP contribution >= 0.6 is 0 Å². The van der Waals surface area contributed by atoms with Gasteiger partial charge in [-0.05, 0) is 60.2 Å².